The molecule has 1 saturated carbocycles. The Morgan fingerprint density at radius 3 is 2.29 bits per heavy atom. The fourth-order valence-corrected chi connectivity index (χ4v) is 3.33. The van der Waals surface area contributed by atoms with Crippen LogP contribution in [0.1, 0.15) is 39.9 Å². The molecule has 156 valence electrons. The van der Waals surface area contributed by atoms with Crippen LogP contribution in [-0.4, -0.2) is 17.9 Å². The van der Waals surface area contributed by atoms with E-state index in [4.69, 9.17) is 5.73 Å². The number of hydrogen-bond donors (Lipinski definition) is 3. The van der Waals surface area contributed by atoms with E-state index in [1.54, 1.807) is 24.3 Å². The summed E-state index contributed by atoms with van der Waals surface area (Å²) in [6.45, 7) is 2.00. The molecule has 31 heavy (non-hydrogen) atoms. The van der Waals surface area contributed by atoms with Gasteiger partial charge in [0.1, 0.15) is 0 Å². The van der Waals surface area contributed by atoms with Crippen molar-refractivity contribution in [1.29, 1.82) is 0 Å². The molecule has 0 unspecified atom stereocenters. The molecular weight excluding hydrogens is 386 g/mol. The third kappa shape index (κ3) is 5.01. The summed E-state index contributed by atoms with van der Waals surface area (Å²) in [7, 11) is 0. The highest BCUT2D eigenvalue weighted by molar-refractivity contribution is 6.24. The molecule has 0 heterocycles. The number of nitrogens with two attached hydrogens (primary N) is 1. The van der Waals surface area contributed by atoms with Gasteiger partial charge in [-0.2, -0.15) is 0 Å². The third-order valence-corrected chi connectivity index (χ3v) is 5.29. The number of nitrogen functional groups attached to an aromatic ring is 1. The average Bonchev–Trinajstić information content (AvgIpc) is 3.58. The number of amides is 2. The van der Waals surface area contributed by atoms with Crippen molar-refractivity contribution in [3.8, 4) is 0 Å². The SMILES string of the molecule is Cc1ccccc1C(=Cc1ccc(C(=O)Nc2ccccc2N)cc1)C(=O)NC1CC1. The van der Waals surface area contributed by atoms with Crippen molar-refractivity contribution in [2.24, 2.45) is 0 Å². The van der Waals surface area contributed by atoms with Crippen LogP contribution in [0.15, 0.2) is 72.8 Å². The number of aryl methyl sites for hydroxylation is 1. The largest absolute Gasteiger partial charge is 0.397 e. The Hall–Kier alpha value is -3.86. The van der Waals surface area contributed by atoms with Gasteiger partial charge in [0.2, 0.25) is 0 Å². The predicted molar refractivity (Wildman–Crippen MR) is 125 cm³/mol. The Bertz CT molecular complexity index is 1150. The average molecular weight is 412 g/mol. The molecule has 3 aromatic rings. The van der Waals surface area contributed by atoms with Gasteiger partial charge in [-0.1, -0.05) is 48.5 Å². The minimum Gasteiger partial charge on any atom is -0.397 e. The molecule has 5 nitrogen and oxygen atoms in total. The van der Waals surface area contributed by atoms with Gasteiger partial charge in [0.05, 0.1) is 11.4 Å². The van der Waals surface area contributed by atoms with E-state index in [9.17, 15) is 9.59 Å². The standard InChI is InChI=1S/C26H25N3O2/c1-17-6-2-3-7-21(17)22(26(31)28-20-14-15-20)16-18-10-12-19(13-11-18)25(30)29-24-9-5-4-8-23(24)27/h2-13,16,20H,14-15,27H2,1H3,(H,28,31)(H,29,30). The van der Waals surface area contributed by atoms with Crippen LogP contribution in [0.3, 0.4) is 0 Å². The number of anilines is 2. The van der Waals surface area contributed by atoms with Crippen LogP contribution in [0, 0.1) is 6.92 Å². The zero-order valence-corrected chi connectivity index (χ0v) is 17.4. The van der Waals surface area contributed by atoms with E-state index < -0.39 is 0 Å². The summed E-state index contributed by atoms with van der Waals surface area (Å²) < 4.78 is 0. The van der Waals surface area contributed by atoms with Crippen molar-refractivity contribution in [1.82, 2.24) is 5.32 Å². The van der Waals surface area contributed by atoms with Crippen molar-refractivity contribution < 1.29 is 9.59 Å². The van der Waals surface area contributed by atoms with E-state index in [0.717, 1.165) is 29.5 Å². The third-order valence-electron chi connectivity index (χ3n) is 5.29. The van der Waals surface area contributed by atoms with Gasteiger partial charge in [0, 0.05) is 17.2 Å². The normalized spacial score (nSPS) is 13.5. The first kappa shape index (κ1) is 20.4. The summed E-state index contributed by atoms with van der Waals surface area (Å²) in [6, 6.07) is 22.4. The van der Waals surface area contributed by atoms with Crippen LogP contribution in [0.25, 0.3) is 11.6 Å². The Balaban J connectivity index is 1.58. The maximum Gasteiger partial charge on any atom is 0.255 e. The van der Waals surface area contributed by atoms with Gasteiger partial charge in [0.15, 0.2) is 0 Å². The van der Waals surface area contributed by atoms with Crippen LogP contribution in [0.4, 0.5) is 11.4 Å². The summed E-state index contributed by atoms with van der Waals surface area (Å²) in [6.07, 6.45) is 3.93. The fraction of sp³-hybridized carbons (Fsp3) is 0.154. The van der Waals surface area contributed by atoms with E-state index in [1.165, 1.54) is 0 Å². The Labute approximate surface area is 182 Å². The predicted octanol–water partition coefficient (Wildman–Crippen LogP) is 4.65. The summed E-state index contributed by atoms with van der Waals surface area (Å²) in [5.74, 6) is -0.308. The van der Waals surface area contributed by atoms with E-state index in [0.29, 0.717) is 22.5 Å². The number of para-hydroxylation sites is 2. The van der Waals surface area contributed by atoms with Crippen LogP contribution in [0.5, 0.6) is 0 Å². The molecule has 1 fully saturated rings. The lowest BCUT2D eigenvalue weighted by Crippen LogP contribution is -2.26. The summed E-state index contributed by atoms with van der Waals surface area (Å²) >= 11 is 0. The molecule has 0 radical (unpaired) electrons. The number of hydrogen-bond acceptors (Lipinski definition) is 3. The number of rotatable bonds is 6. The van der Waals surface area contributed by atoms with Gasteiger partial charge < -0.3 is 16.4 Å². The van der Waals surface area contributed by atoms with Gasteiger partial charge in [-0.15, -0.1) is 0 Å². The summed E-state index contributed by atoms with van der Waals surface area (Å²) in [5.41, 5.74) is 10.9. The molecule has 0 atom stereocenters. The molecular formula is C26H25N3O2. The van der Waals surface area contributed by atoms with E-state index in [1.807, 2.05) is 61.5 Å². The quantitative estimate of drug-likeness (QED) is 0.314. The lowest BCUT2D eigenvalue weighted by molar-refractivity contribution is -0.115. The first-order valence-electron chi connectivity index (χ1n) is 10.4. The molecule has 0 aliphatic heterocycles. The number of carbonyl (C=O) groups excluding carboxylic acids is 2. The monoisotopic (exact) mass is 411 g/mol. The molecule has 1 aliphatic carbocycles. The smallest absolute Gasteiger partial charge is 0.255 e. The summed E-state index contributed by atoms with van der Waals surface area (Å²) in [5, 5.41) is 5.90. The highest BCUT2D eigenvalue weighted by atomic mass is 16.2. The molecule has 1 aliphatic rings. The highest BCUT2D eigenvalue weighted by Gasteiger charge is 2.25. The molecule has 0 bridgehead atoms. The van der Waals surface area contributed by atoms with Crippen molar-refractivity contribution in [2.75, 3.05) is 11.1 Å². The number of carbonyl (C=O) groups is 2. The molecule has 0 saturated heterocycles. The maximum atomic E-state index is 12.9. The van der Waals surface area contributed by atoms with Crippen LogP contribution < -0.4 is 16.4 Å². The van der Waals surface area contributed by atoms with Crippen molar-refractivity contribution >= 4 is 34.8 Å². The zero-order chi connectivity index (χ0) is 21.8. The summed E-state index contributed by atoms with van der Waals surface area (Å²) in [4.78, 5) is 25.5. The lowest BCUT2D eigenvalue weighted by atomic mass is 9.97. The molecule has 5 heteroatoms. The fourth-order valence-electron chi connectivity index (χ4n) is 3.33. The van der Waals surface area contributed by atoms with E-state index in [-0.39, 0.29) is 17.9 Å². The van der Waals surface area contributed by atoms with Gasteiger partial charge in [0.25, 0.3) is 11.8 Å². The molecule has 3 aromatic carbocycles. The minimum atomic E-state index is -0.237. The molecule has 2 amide bonds. The zero-order valence-electron chi connectivity index (χ0n) is 17.4. The van der Waals surface area contributed by atoms with Crippen LogP contribution >= 0.6 is 0 Å². The molecule has 4 rings (SSSR count). The van der Waals surface area contributed by atoms with Crippen molar-refractivity contribution in [2.45, 2.75) is 25.8 Å². The Morgan fingerprint density at radius 1 is 0.935 bits per heavy atom. The molecule has 4 N–H and O–H groups in total. The second-order valence-electron chi connectivity index (χ2n) is 7.78. The van der Waals surface area contributed by atoms with Crippen molar-refractivity contribution in [3.63, 3.8) is 0 Å². The van der Waals surface area contributed by atoms with E-state index in [2.05, 4.69) is 10.6 Å². The van der Waals surface area contributed by atoms with Gasteiger partial charge in [-0.3, -0.25) is 9.59 Å². The molecule has 0 aromatic heterocycles. The second-order valence-corrected chi connectivity index (χ2v) is 7.78. The first-order chi connectivity index (χ1) is 15.0. The Kier molecular flexibility index (Phi) is 5.85. The number of nitrogens with one attached hydrogen (secondary N) is 2. The van der Waals surface area contributed by atoms with Gasteiger partial charge in [-0.05, 0) is 66.8 Å². The Morgan fingerprint density at radius 2 is 1.61 bits per heavy atom. The molecule has 0 spiro atoms. The number of benzene rings is 3. The van der Waals surface area contributed by atoms with Crippen LogP contribution in [0.2, 0.25) is 0 Å². The minimum absolute atomic E-state index is 0.0711. The first-order valence-corrected chi connectivity index (χ1v) is 10.4. The van der Waals surface area contributed by atoms with Gasteiger partial charge >= 0.3 is 0 Å². The van der Waals surface area contributed by atoms with Crippen molar-refractivity contribution in [3.05, 3.63) is 95.1 Å². The maximum absolute atomic E-state index is 12.9. The topological polar surface area (TPSA) is 84.2 Å². The highest BCUT2D eigenvalue weighted by Crippen LogP contribution is 2.25. The van der Waals surface area contributed by atoms with Crippen LogP contribution in [-0.2, 0) is 4.79 Å². The van der Waals surface area contributed by atoms with Gasteiger partial charge in [-0.25, -0.2) is 0 Å². The second kappa shape index (κ2) is 8.88. The van der Waals surface area contributed by atoms with E-state index >= 15 is 0 Å². The lowest BCUT2D eigenvalue weighted by Gasteiger charge is -2.12.